The monoisotopic (exact) mass is 337 g/mol. The molecule has 0 bridgehead atoms. The highest BCUT2D eigenvalue weighted by atomic mass is 19.1. The summed E-state index contributed by atoms with van der Waals surface area (Å²) >= 11 is 0. The zero-order chi connectivity index (χ0) is 17.8. The van der Waals surface area contributed by atoms with Crippen molar-refractivity contribution >= 4 is 22.4 Å². The molecule has 0 aliphatic heterocycles. The van der Waals surface area contributed by atoms with Gasteiger partial charge in [-0.1, -0.05) is 54.6 Å². The molecular weight excluding hydrogens is 315 g/mol. The number of quaternary nitrogens is 1. The molecule has 1 amide bonds. The quantitative estimate of drug-likeness (QED) is 0.737. The highest BCUT2D eigenvalue weighted by molar-refractivity contribution is 6.03. The summed E-state index contributed by atoms with van der Waals surface area (Å²) in [6, 6.07) is 20.2. The van der Waals surface area contributed by atoms with Crippen molar-refractivity contribution in [1.82, 2.24) is 0 Å². The summed E-state index contributed by atoms with van der Waals surface area (Å²) in [7, 11) is 1.90. The maximum absolute atomic E-state index is 13.8. The van der Waals surface area contributed by atoms with Crippen molar-refractivity contribution in [2.75, 3.05) is 12.4 Å². The van der Waals surface area contributed by atoms with E-state index in [4.69, 9.17) is 0 Å². The van der Waals surface area contributed by atoms with Gasteiger partial charge in [-0.25, -0.2) is 4.39 Å². The second-order valence-corrected chi connectivity index (χ2v) is 6.35. The van der Waals surface area contributed by atoms with E-state index in [0.29, 0.717) is 12.1 Å². The lowest BCUT2D eigenvalue weighted by molar-refractivity contribution is -0.908. The van der Waals surface area contributed by atoms with E-state index in [-0.39, 0.29) is 17.8 Å². The van der Waals surface area contributed by atoms with E-state index < -0.39 is 0 Å². The zero-order valence-electron chi connectivity index (χ0n) is 14.4. The van der Waals surface area contributed by atoms with Crippen LogP contribution in [0.25, 0.3) is 10.8 Å². The third-order valence-electron chi connectivity index (χ3n) is 4.61. The Morgan fingerprint density at radius 3 is 2.52 bits per heavy atom. The molecule has 0 spiro atoms. The lowest BCUT2D eigenvalue weighted by Crippen LogP contribution is -3.12. The van der Waals surface area contributed by atoms with Crippen LogP contribution in [0, 0.1) is 5.82 Å². The molecule has 128 valence electrons. The highest BCUT2D eigenvalue weighted by Gasteiger charge is 2.23. The van der Waals surface area contributed by atoms with Crippen LogP contribution in [0.2, 0.25) is 0 Å². The second kappa shape index (κ2) is 7.45. The van der Waals surface area contributed by atoms with Gasteiger partial charge in [-0.05, 0) is 24.4 Å². The van der Waals surface area contributed by atoms with Crippen molar-refractivity contribution in [2.45, 2.75) is 19.5 Å². The minimum atomic E-state index is -0.307. The number of halogens is 1. The van der Waals surface area contributed by atoms with Gasteiger partial charge in [0.15, 0.2) is 6.04 Å². The molecule has 2 atom stereocenters. The molecule has 0 heterocycles. The number of hydrogen-bond donors (Lipinski definition) is 2. The van der Waals surface area contributed by atoms with Crippen molar-refractivity contribution in [1.29, 1.82) is 0 Å². The minimum absolute atomic E-state index is 0.0785. The lowest BCUT2D eigenvalue weighted by Gasteiger charge is -2.21. The summed E-state index contributed by atoms with van der Waals surface area (Å²) in [5.74, 6) is -0.311. The number of benzene rings is 3. The molecule has 0 saturated carbocycles. The molecule has 3 nitrogen and oxygen atoms in total. The molecule has 3 aromatic carbocycles. The number of anilines is 1. The van der Waals surface area contributed by atoms with Crippen LogP contribution >= 0.6 is 0 Å². The first kappa shape index (κ1) is 17.1. The molecule has 25 heavy (non-hydrogen) atoms. The standard InChI is InChI=1S/C21H21FN2O/c1-15(24(2)14-17-9-4-6-12-19(17)22)21(25)23-20-13-7-10-16-8-3-5-11-18(16)20/h3-13,15H,14H2,1-2H3,(H,23,25)/p+1/t15-/m1/s1. The fourth-order valence-corrected chi connectivity index (χ4v) is 2.89. The molecule has 0 fully saturated rings. The summed E-state index contributed by atoms with van der Waals surface area (Å²) in [6.07, 6.45) is 0. The molecule has 1 unspecified atom stereocenters. The Balaban J connectivity index is 1.73. The molecular formula is C21H22FN2O+. The summed E-state index contributed by atoms with van der Waals surface area (Å²) < 4.78 is 13.8. The first-order valence-electron chi connectivity index (χ1n) is 8.40. The molecule has 0 saturated heterocycles. The third kappa shape index (κ3) is 3.86. The van der Waals surface area contributed by atoms with E-state index in [1.54, 1.807) is 12.1 Å². The number of amides is 1. The van der Waals surface area contributed by atoms with Crippen LogP contribution in [0.3, 0.4) is 0 Å². The number of fused-ring (bicyclic) bond motifs is 1. The Hall–Kier alpha value is -2.72. The summed E-state index contributed by atoms with van der Waals surface area (Å²) in [4.78, 5) is 13.6. The van der Waals surface area contributed by atoms with Gasteiger partial charge in [0.1, 0.15) is 12.4 Å². The average molecular weight is 337 g/mol. The van der Waals surface area contributed by atoms with Crippen LogP contribution < -0.4 is 10.2 Å². The van der Waals surface area contributed by atoms with Crippen LogP contribution in [0.15, 0.2) is 66.7 Å². The number of likely N-dealkylation sites (N-methyl/N-ethyl adjacent to an activating group) is 1. The van der Waals surface area contributed by atoms with Gasteiger partial charge < -0.3 is 10.2 Å². The predicted octanol–water partition coefficient (Wildman–Crippen LogP) is 3.02. The summed E-state index contributed by atoms with van der Waals surface area (Å²) in [5.41, 5.74) is 1.42. The summed E-state index contributed by atoms with van der Waals surface area (Å²) in [5, 5.41) is 5.11. The maximum atomic E-state index is 13.8. The fraction of sp³-hybridized carbons (Fsp3) is 0.190. The Kier molecular flexibility index (Phi) is 5.10. The van der Waals surface area contributed by atoms with Gasteiger partial charge in [0.2, 0.25) is 0 Å². The highest BCUT2D eigenvalue weighted by Crippen LogP contribution is 2.22. The van der Waals surface area contributed by atoms with Crippen LogP contribution in [-0.4, -0.2) is 19.0 Å². The van der Waals surface area contributed by atoms with Crippen molar-refractivity contribution in [3.8, 4) is 0 Å². The fourth-order valence-electron chi connectivity index (χ4n) is 2.89. The van der Waals surface area contributed by atoms with E-state index in [2.05, 4.69) is 5.32 Å². The lowest BCUT2D eigenvalue weighted by atomic mass is 10.1. The maximum Gasteiger partial charge on any atom is 0.282 e. The first-order chi connectivity index (χ1) is 12.1. The van der Waals surface area contributed by atoms with Gasteiger partial charge in [0, 0.05) is 16.6 Å². The topological polar surface area (TPSA) is 33.5 Å². The molecule has 0 radical (unpaired) electrons. The predicted molar refractivity (Wildman–Crippen MR) is 99.0 cm³/mol. The Morgan fingerprint density at radius 2 is 1.72 bits per heavy atom. The van der Waals surface area contributed by atoms with Crippen molar-refractivity contribution in [3.63, 3.8) is 0 Å². The SMILES string of the molecule is C[C@H](C(=O)Nc1cccc2ccccc12)[NH+](C)Cc1ccccc1F. The Bertz CT molecular complexity index is 888. The van der Waals surface area contributed by atoms with Crippen molar-refractivity contribution in [2.24, 2.45) is 0 Å². The normalized spacial score (nSPS) is 13.4. The first-order valence-corrected chi connectivity index (χ1v) is 8.40. The van der Waals surface area contributed by atoms with E-state index in [1.165, 1.54) is 6.07 Å². The van der Waals surface area contributed by atoms with Crippen LogP contribution in [0.5, 0.6) is 0 Å². The molecule has 3 aromatic rings. The van der Waals surface area contributed by atoms with Gasteiger partial charge in [-0.3, -0.25) is 4.79 Å². The van der Waals surface area contributed by atoms with Gasteiger partial charge in [0.25, 0.3) is 5.91 Å². The minimum Gasteiger partial charge on any atom is -0.324 e. The van der Waals surface area contributed by atoms with E-state index in [1.807, 2.05) is 62.5 Å². The average Bonchev–Trinajstić information content (AvgIpc) is 2.63. The molecule has 3 rings (SSSR count). The molecule has 0 aliphatic rings. The van der Waals surface area contributed by atoms with Gasteiger partial charge in [-0.2, -0.15) is 0 Å². The Labute approximate surface area is 147 Å². The molecule has 2 N–H and O–H groups in total. The smallest absolute Gasteiger partial charge is 0.282 e. The van der Waals surface area contributed by atoms with E-state index in [0.717, 1.165) is 21.4 Å². The van der Waals surface area contributed by atoms with Gasteiger partial charge >= 0.3 is 0 Å². The summed E-state index contributed by atoms with van der Waals surface area (Å²) in [6.45, 7) is 2.31. The number of rotatable bonds is 5. The number of carbonyl (C=O) groups excluding carboxylic acids is 1. The Morgan fingerprint density at radius 1 is 1.04 bits per heavy atom. The molecule has 0 aliphatic carbocycles. The van der Waals surface area contributed by atoms with Crippen molar-refractivity contribution in [3.05, 3.63) is 78.1 Å². The van der Waals surface area contributed by atoms with Crippen molar-refractivity contribution < 1.29 is 14.1 Å². The molecule has 4 heteroatoms. The van der Waals surface area contributed by atoms with Crippen LogP contribution in [-0.2, 0) is 11.3 Å². The largest absolute Gasteiger partial charge is 0.324 e. The number of carbonyl (C=O) groups is 1. The molecule has 0 aromatic heterocycles. The van der Waals surface area contributed by atoms with Gasteiger partial charge in [-0.15, -0.1) is 0 Å². The van der Waals surface area contributed by atoms with E-state index in [9.17, 15) is 9.18 Å². The number of nitrogens with one attached hydrogen (secondary N) is 2. The number of hydrogen-bond acceptors (Lipinski definition) is 1. The second-order valence-electron chi connectivity index (χ2n) is 6.35. The third-order valence-corrected chi connectivity index (χ3v) is 4.61. The van der Waals surface area contributed by atoms with Gasteiger partial charge in [0.05, 0.1) is 7.05 Å². The zero-order valence-corrected chi connectivity index (χ0v) is 14.4. The van der Waals surface area contributed by atoms with Crippen LogP contribution in [0.4, 0.5) is 10.1 Å². The van der Waals surface area contributed by atoms with E-state index >= 15 is 0 Å². The van der Waals surface area contributed by atoms with Crippen LogP contribution in [0.1, 0.15) is 12.5 Å².